The van der Waals surface area contributed by atoms with Gasteiger partial charge >= 0.3 is 12.1 Å². The van der Waals surface area contributed by atoms with Crippen molar-refractivity contribution in [1.29, 1.82) is 0 Å². The summed E-state index contributed by atoms with van der Waals surface area (Å²) < 4.78 is 52.7. The predicted octanol–water partition coefficient (Wildman–Crippen LogP) is 7.24. The van der Waals surface area contributed by atoms with E-state index in [1.165, 1.54) is 18.1 Å². The number of hydrogen-bond donors (Lipinski definition) is 5. The summed E-state index contributed by atoms with van der Waals surface area (Å²) in [5, 5.41) is 24.3. The summed E-state index contributed by atoms with van der Waals surface area (Å²) in [5.41, 5.74) is -2.64. The molecule has 2 amide bonds. The molecule has 1 aliphatic heterocycles. The number of carboxylic acid groups (broad SMARTS) is 1. The van der Waals surface area contributed by atoms with Gasteiger partial charge in [-0.25, -0.2) is 4.79 Å². The highest BCUT2D eigenvalue weighted by atomic mass is 35.5. The van der Waals surface area contributed by atoms with Gasteiger partial charge in [-0.15, -0.1) is 11.6 Å². The lowest BCUT2D eigenvalue weighted by molar-refractivity contribution is -0.141. The number of fused-ring (bicyclic) bond motifs is 5. The summed E-state index contributed by atoms with van der Waals surface area (Å²) in [6.45, 7) is 1.49. The maximum atomic E-state index is 14.0. The number of aromatic carboxylic acids is 1. The van der Waals surface area contributed by atoms with Crippen LogP contribution in [0.4, 0.5) is 24.5 Å². The minimum atomic E-state index is -5.07. The number of ether oxygens (including phenoxy) is 1. The minimum Gasteiger partial charge on any atom is -0.506 e. The zero-order chi connectivity index (χ0) is 34.3. The standard InChI is InChI=1S/C33H24ClF3N4O7/c1-32(12-34)13-41(19-11-20(42)26-23(25(19)32)24(31(45)46)28(40-26)33(35,36)37)30(44)18-9-15-8-16(6-7-17(15)39-18)38-29(43)22-10-14-4-3-5-21(47-2)27(14)48-22/h3-11,39-40,42H,12-13H2,1-2H3,(H,38,43)(H,45,46)/t32-/m1/s1. The number of aromatic nitrogens is 2. The van der Waals surface area contributed by atoms with Gasteiger partial charge in [-0.3, -0.25) is 9.59 Å². The number of aromatic hydroxyl groups is 1. The number of rotatable bonds is 6. The van der Waals surface area contributed by atoms with Gasteiger partial charge in [0.05, 0.1) is 23.9 Å². The molecule has 3 aromatic carbocycles. The molecule has 0 fully saturated rings. The van der Waals surface area contributed by atoms with E-state index in [4.69, 9.17) is 20.8 Å². The van der Waals surface area contributed by atoms with E-state index in [9.17, 15) is 37.8 Å². The van der Waals surface area contributed by atoms with Gasteiger partial charge in [-0.05, 0) is 42.0 Å². The molecule has 48 heavy (non-hydrogen) atoms. The van der Waals surface area contributed by atoms with E-state index in [-0.39, 0.29) is 40.5 Å². The molecule has 7 rings (SSSR count). The molecular weight excluding hydrogens is 657 g/mol. The van der Waals surface area contributed by atoms with E-state index < -0.39 is 51.9 Å². The maximum absolute atomic E-state index is 14.0. The van der Waals surface area contributed by atoms with Crippen molar-refractivity contribution in [3.63, 3.8) is 0 Å². The number of halogens is 4. The van der Waals surface area contributed by atoms with Crippen LogP contribution in [-0.4, -0.2) is 57.5 Å². The largest absolute Gasteiger partial charge is 0.506 e. The zero-order valence-electron chi connectivity index (χ0n) is 25.0. The molecule has 0 unspecified atom stereocenters. The molecule has 15 heteroatoms. The van der Waals surface area contributed by atoms with Crippen molar-refractivity contribution in [2.24, 2.45) is 0 Å². The number of nitrogens with zero attached hydrogens (tertiary/aromatic N) is 1. The Hall–Kier alpha value is -5.63. The number of carboxylic acids is 1. The van der Waals surface area contributed by atoms with Crippen molar-refractivity contribution in [2.45, 2.75) is 18.5 Å². The fourth-order valence-electron chi connectivity index (χ4n) is 6.37. The van der Waals surface area contributed by atoms with Crippen molar-refractivity contribution in [2.75, 3.05) is 29.8 Å². The lowest BCUT2D eigenvalue weighted by atomic mass is 9.83. The average molecular weight is 681 g/mol. The number of H-pyrrole nitrogens is 2. The monoisotopic (exact) mass is 680 g/mol. The molecule has 0 saturated heterocycles. The maximum Gasteiger partial charge on any atom is 0.432 e. The number of phenols is 1. The molecule has 0 bridgehead atoms. The van der Waals surface area contributed by atoms with Crippen LogP contribution in [0.25, 0.3) is 32.8 Å². The molecule has 3 aromatic heterocycles. The first-order valence-electron chi connectivity index (χ1n) is 14.3. The summed E-state index contributed by atoms with van der Waals surface area (Å²) >= 11 is 6.33. The van der Waals surface area contributed by atoms with Crippen LogP contribution >= 0.6 is 11.6 Å². The van der Waals surface area contributed by atoms with Crippen LogP contribution in [0.5, 0.6) is 11.5 Å². The SMILES string of the molecule is COc1cccc2cc(C(=O)Nc3ccc4[nH]c(C(=O)N5C[C@@](C)(CCl)c6c5cc(O)c5[nH]c(C(F)(F)F)c(C(=O)O)c65)cc4c3)oc12. The molecule has 0 radical (unpaired) electrons. The minimum absolute atomic E-state index is 0.0254. The Morgan fingerprint density at radius 3 is 2.56 bits per heavy atom. The first-order chi connectivity index (χ1) is 22.7. The third-order valence-electron chi connectivity index (χ3n) is 8.54. The Labute approximate surface area is 272 Å². The number of benzene rings is 3. The summed E-state index contributed by atoms with van der Waals surface area (Å²) in [5.74, 6) is -3.29. The number of alkyl halides is 4. The molecule has 246 valence electrons. The van der Waals surface area contributed by atoms with Gasteiger partial charge in [-0.2, -0.15) is 13.2 Å². The molecule has 1 aliphatic rings. The van der Waals surface area contributed by atoms with Crippen molar-refractivity contribution in [1.82, 2.24) is 9.97 Å². The molecule has 0 aliphatic carbocycles. The van der Waals surface area contributed by atoms with E-state index in [0.29, 0.717) is 33.3 Å². The van der Waals surface area contributed by atoms with E-state index >= 15 is 0 Å². The average Bonchev–Trinajstić information content (AvgIpc) is 3.82. The lowest BCUT2D eigenvalue weighted by Gasteiger charge is -2.23. The number of aromatic amines is 2. The number of carbonyl (C=O) groups is 3. The molecular formula is C33H24ClF3N4O7. The second-order valence-electron chi connectivity index (χ2n) is 11.7. The second kappa shape index (κ2) is 10.7. The van der Waals surface area contributed by atoms with Gasteiger partial charge in [0.2, 0.25) is 0 Å². The van der Waals surface area contributed by atoms with E-state index in [2.05, 4.69) is 10.3 Å². The summed E-state index contributed by atoms with van der Waals surface area (Å²) in [4.78, 5) is 45.4. The number of carbonyl (C=O) groups excluding carboxylic acids is 2. The van der Waals surface area contributed by atoms with Crippen molar-refractivity contribution in [3.05, 3.63) is 82.9 Å². The van der Waals surface area contributed by atoms with Gasteiger partial charge in [0.1, 0.15) is 17.1 Å². The molecule has 0 spiro atoms. The fourth-order valence-corrected chi connectivity index (χ4v) is 6.59. The van der Waals surface area contributed by atoms with Crippen LogP contribution in [0.1, 0.15) is 49.6 Å². The van der Waals surface area contributed by atoms with Crippen LogP contribution < -0.4 is 15.0 Å². The first kappa shape index (κ1) is 31.0. The summed E-state index contributed by atoms with van der Waals surface area (Å²) in [7, 11) is 1.49. The van der Waals surface area contributed by atoms with Gasteiger partial charge in [-0.1, -0.05) is 19.1 Å². The molecule has 0 saturated carbocycles. The Morgan fingerprint density at radius 1 is 1.10 bits per heavy atom. The summed E-state index contributed by atoms with van der Waals surface area (Å²) in [6, 6.07) is 14.4. The topological polar surface area (TPSA) is 161 Å². The van der Waals surface area contributed by atoms with Crippen molar-refractivity contribution < 1.29 is 46.9 Å². The Kier molecular flexibility index (Phi) is 6.91. The normalized spacial score (nSPS) is 16.2. The number of hydrogen-bond acceptors (Lipinski definition) is 6. The van der Waals surface area contributed by atoms with E-state index in [1.807, 2.05) is 4.98 Å². The van der Waals surface area contributed by atoms with Crippen molar-refractivity contribution in [3.8, 4) is 11.5 Å². The Bertz CT molecular complexity index is 2340. The molecule has 11 nitrogen and oxygen atoms in total. The quantitative estimate of drug-likeness (QED) is 0.116. The Morgan fingerprint density at radius 2 is 1.88 bits per heavy atom. The predicted molar refractivity (Wildman–Crippen MR) is 171 cm³/mol. The number of phenolic OH excluding ortho intramolecular Hbond substituents is 1. The number of amides is 2. The Balaban J connectivity index is 1.24. The zero-order valence-corrected chi connectivity index (χ0v) is 25.8. The lowest BCUT2D eigenvalue weighted by Crippen LogP contribution is -2.36. The van der Waals surface area contributed by atoms with Crippen LogP contribution in [0, 0.1) is 0 Å². The fraction of sp³-hybridized carbons (Fsp3) is 0.182. The third-order valence-corrected chi connectivity index (χ3v) is 9.13. The molecule has 1 atom stereocenters. The van der Waals surface area contributed by atoms with E-state index in [0.717, 1.165) is 6.07 Å². The highest BCUT2D eigenvalue weighted by Gasteiger charge is 2.47. The molecule has 5 N–H and O–H groups in total. The van der Waals surface area contributed by atoms with Gasteiger partial charge in [0, 0.05) is 51.3 Å². The first-order valence-corrected chi connectivity index (χ1v) is 14.9. The van der Waals surface area contributed by atoms with Crippen LogP contribution in [0.3, 0.4) is 0 Å². The second-order valence-corrected chi connectivity index (χ2v) is 12.0. The van der Waals surface area contributed by atoms with Gasteiger partial charge in [0.15, 0.2) is 17.1 Å². The number of anilines is 2. The number of para-hydroxylation sites is 1. The van der Waals surface area contributed by atoms with Crippen LogP contribution in [0.15, 0.2) is 59.0 Å². The number of nitrogens with one attached hydrogen (secondary N) is 3. The highest BCUT2D eigenvalue weighted by Crippen LogP contribution is 2.51. The highest BCUT2D eigenvalue weighted by molar-refractivity contribution is 6.21. The van der Waals surface area contributed by atoms with Crippen LogP contribution in [0.2, 0.25) is 0 Å². The van der Waals surface area contributed by atoms with Gasteiger partial charge in [0.25, 0.3) is 11.8 Å². The smallest absolute Gasteiger partial charge is 0.432 e. The van der Waals surface area contributed by atoms with Crippen LogP contribution in [-0.2, 0) is 11.6 Å². The van der Waals surface area contributed by atoms with E-state index in [1.54, 1.807) is 49.4 Å². The van der Waals surface area contributed by atoms with Gasteiger partial charge < -0.3 is 39.6 Å². The number of methoxy groups -OCH3 is 1. The van der Waals surface area contributed by atoms with Crippen molar-refractivity contribution >= 4 is 73.5 Å². The third kappa shape index (κ3) is 4.70. The summed E-state index contributed by atoms with van der Waals surface area (Å²) in [6.07, 6.45) is -5.07. The molecule has 6 aromatic rings. The molecule has 4 heterocycles. The number of furan rings is 1.